The van der Waals surface area contributed by atoms with E-state index < -0.39 is 6.17 Å². The first-order chi connectivity index (χ1) is 13.2. The predicted molar refractivity (Wildman–Crippen MR) is 96.2 cm³/mol. The van der Waals surface area contributed by atoms with E-state index in [0.29, 0.717) is 43.3 Å². The molecule has 136 valence electrons. The second-order valence-electron chi connectivity index (χ2n) is 6.60. The molecule has 1 fully saturated rings. The van der Waals surface area contributed by atoms with Crippen molar-refractivity contribution >= 4 is 17.5 Å². The van der Waals surface area contributed by atoms with Gasteiger partial charge in [0.05, 0.1) is 43.1 Å². The third-order valence-corrected chi connectivity index (χ3v) is 4.83. The Balaban J connectivity index is 1.37. The number of nitrogens with zero attached hydrogens (tertiary/aromatic N) is 7. The highest BCUT2D eigenvalue weighted by Crippen LogP contribution is 2.27. The number of carbonyl (C=O) groups excluding carboxylic acids is 1. The summed E-state index contributed by atoms with van der Waals surface area (Å²) in [6.07, 6.45) is 6.27. The lowest BCUT2D eigenvalue weighted by molar-refractivity contribution is 0.248. The molecule has 0 aromatic carbocycles. The van der Waals surface area contributed by atoms with E-state index in [0.717, 1.165) is 11.4 Å². The van der Waals surface area contributed by atoms with Crippen LogP contribution in [0.2, 0.25) is 0 Å². The lowest BCUT2D eigenvalue weighted by atomic mass is 10.3. The number of amides is 1. The molecule has 0 spiro atoms. The number of carbonyl (C=O) groups is 1. The van der Waals surface area contributed by atoms with Crippen molar-refractivity contribution in [3.05, 3.63) is 48.7 Å². The van der Waals surface area contributed by atoms with Crippen molar-refractivity contribution in [2.75, 3.05) is 22.9 Å². The summed E-state index contributed by atoms with van der Waals surface area (Å²) in [5.74, 6) is 0.657. The van der Waals surface area contributed by atoms with Crippen LogP contribution >= 0.6 is 0 Å². The largest absolute Gasteiger partial charge is 0.352 e. The summed E-state index contributed by atoms with van der Waals surface area (Å²) in [5, 5.41) is 4.39. The number of hydrogen-bond acceptors (Lipinski definition) is 6. The van der Waals surface area contributed by atoms with Crippen LogP contribution in [0.3, 0.4) is 0 Å². The number of hydrogen-bond donors (Lipinski definition) is 0. The Kier molecular flexibility index (Phi) is 3.59. The van der Waals surface area contributed by atoms with Gasteiger partial charge in [-0.3, -0.25) is 9.88 Å². The van der Waals surface area contributed by atoms with Crippen molar-refractivity contribution in [3.8, 4) is 11.4 Å². The first kappa shape index (κ1) is 15.9. The molecule has 0 radical (unpaired) electrons. The molecule has 0 aliphatic carbocycles. The molecule has 9 heteroatoms. The van der Waals surface area contributed by atoms with Gasteiger partial charge in [-0.1, -0.05) is 0 Å². The van der Waals surface area contributed by atoms with Crippen LogP contribution in [0.5, 0.6) is 0 Å². The molecular formula is C18H16FN7O. The molecule has 0 saturated carbocycles. The van der Waals surface area contributed by atoms with Crippen molar-refractivity contribution in [2.24, 2.45) is 0 Å². The lowest BCUT2D eigenvalue weighted by Crippen LogP contribution is -2.26. The fraction of sp³-hybridized carbons (Fsp3) is 0.278. The Morgan fingerprint density at radius 3 is 2.74 bits per heavy atom. The highest BCUT2D eigenvalue weighted by molar-refractivity contribution is 5.96. The highest BCUT2D eigenvalue weighted by atomic mass is 19.1. The number of fused-ring (bicyclic) bond motifs is 1. The van der Waals surface area contributed by atoms with Crippen molar-refractivity contribution < 1.29 is 9.18 Å². The minimum absolute atomic E-state index is 0.222. The van der Waals surface area contributed by atoms with Gasteiger partial charge < -0.3 is 4.90 Å². The second kappa shape index (κ2) is 6.11. The van der Waals surface area contributed by atoms with Gasteiger partial charge in [0.1, 0.15) is 23.4 Å². The van der Waals surface area contributed by atoms with Crippen LogP contribution in [0, 0.1) is 0 Å². The molecular weight excluding hydrogens is 349 g/mol. The van der Waals surface area contributed by atoms with E-state index >= 15 is 0 Å². The smallest absolute Gasteiger partial charge is 0.349 e. The van der Waals surface area contributed by atoms with E-state index in [9.17, 15) is 9.18 Å². The Morgan fingerprint density at radius 2 is 2.07 bits per heavy atom. The topological polar surface area (TPSA) is 80.0 Å². The summed E-state index contributed by atoms with van der Waals surface area (Å²) < 4.78 is 14.7. The molecule has 1 saturated heterocycles. The number of pyridine rings is 1. The van der Waals surface area contributed by atoms with Crippen LogP contribution in [-0.4, -0.2) is 50.0 Å². The standard InChI is InChI=1S/C18H16FN7O/c19-12-3-5-24(10-12)17-9-21-16(8-22-17)15-6-14-11-25(18(27)26(14)23-15)13-2-1-4-20-7-13/h1-2,4,6-9,12H,3,5,10-11H2/t12-/m0/s1. The Labute approximate surface area is 154 Å². The van der Waals surface area contributed by atoms with E-state index in [1.807, 2.05) is 17.0 Å². The number of aromatic nitrogens is 5. The molecule has 0 unspecified atom stereocenters. The normalized spacial score (nSPS) is 19.0. The monoisotopic (exact) mass is 365 g/mol. The molecule has 27 heavy (non-hydrogen) atoms. The molecule has 3 aromatic rings. The molecule has 0 bridgehead atoms. The maximum Gasteiger partial charge on any atom is 0.349 e. The summed E-state index contributed by atoms with van der Waals surface area (Å²) in [7, 11) is 0. The first-order valence-electron chi connectivity index (χ1n) is 8.71. The van der Waals surface area contributed by atoms with E-state index in [2.05, 4.69) is 20.1 Å². The average molecular weight is 365 g/mol. The van der Waals surface area contributed by atoms with Crippen molar-refractivity contribution in [2.45, 2.75) is 19.1 Å². The van der Waals surface area contributed by atoms with Crippen LogP contribution in [-0.2, 0) is 6.54 Å². The van der Waals surface area contributed by atoms with Gasteiger partial charge in [0.2, 0.25) is 0 Å². The van der Waals surface area contributed by atoms with Gasteiger partial charge in [0.25, 0.3) is 0 Å². The number of alkyl halides is 1. The molecule has 1 atom stereocenters. The summed E-state index contributed by atoms with van der Waals surface area (Å²) in [4.78, 5) is 28.9. The van der Waals surface area contributed by atoms with E-state index in [1.54, 1.807) is 35.8 Å². The zero-order valence-electron chi connectivity index (χ0n) is 14.4. The fourth-order valence-corrected chi connectivity index (χ4v) is 3.42. The van der Waals surface area contributed by atoms with E-state index in [1.165, 1.54) is 4.68 Å². The minimum Gasteiger partial charge on any atom is -0.352 e. The van der Waals surface area contributed by atoms with Crippen molar-refractivity contribution in [1.29, 1.82) is 0 Å². The first-order valence-corrected chi connectivity index (χ1v) is 8.71. The molecule has 1 amide bonds. The quantitative estimate of drug-likeness (QED) is 0.708. The van der Waals surface area contributed by atoms with Crippen LogP contribution in [0.25, 0.3) is 11.4 Å². The molecule has 2 aliphatic rings. The molecule has 3 aromatic heterocycles. The van der Waals surface area contributed by atoms with Gasteiger partial charge in [-0.25, -0.2) is 19.2 Å². The van der Waals surface area contributed by atoms with Gasteiger partial charge in [-0.05, 0) is 24.6 Å². The second-order valence-corrected chi connectivity index (χ2v) is 6.60. The number of rotatable bonds is 3. The summed E-state index contributed by atoms with van der Waals surface area (Å²) in [5.41, 5.74) is 2.69. The van der Waals surface area contributed by atoms with Gasteiger partial charge in [-0.2, -0.15) is 9.78 Å². The summed E-state index contributed by atoms with van der Waals surface area (Å²) in [6, 6.07) is 5.24. The Morgan fingerprint density at radius 1 is 1.15 bits per heavy atom. The Bertz CT molecular complexity index is 989. The summed E-state index contributed by atoms with van der Waals surface area (Å²) in [6.45, 7) is 1.42. The van der Waals surface area contributed by atoms with Gasteiger partial charge in [0.15, 0.2) is 0 Å². The van der Waals surface area contributed by atoms with Gasteiger partial charge in [-0.15, -0.1) is 0 Å². The zero-order chi connectivity index (χ0) is 18.4. The number of halogens is 1. The van der Waals surface area contributed by atoms with Gasteiger partial charge in [0, 0.05) is 12.7 Å². The van der Waals surface area contributed by atoms with E-state index in [-0.39, 0.29) is 6.03 Å². The highest BCUT2D eigenvalue weighted by Gasteiger charge is 2.31. The lowest BCUT2D eigenvalue weighted by Gasteiger charge is -2.15. The SMILES string of the molecule is O=C1N(c2cccnc2)Cc2cc(-c3cnc(N4CC[C@H](F)C4)cn3)nn21. The fourth-order valence-electron chi connectivity index (χ4n) is 3.42. The van der Waals surface area contributed by atoms with Crippen LogP contribution in [0.4, 0.5) is 20.7 Å². The minimum atomic E-state index is -0.809. The third-order valence-electron chi connectivity index (χ3n) is 4.83. The van der Waals surface area contributed by atoms with Crippen molar-refractivity contribution in [1.82, 2.24) is 24.7 Å². The Hall–Kier alpha value is -3.36. The average Bonchev–Trinajstić information content (AvgIpc) is 3.39. The van der Waals surface area contributed by atoms with Crippen LogP contribution in [0.15, 0.2) is 43.0 Å². The third kappa shape index (κ3) is 2.71. The molecule has 5 rings (SSSR count). The van der Waals surface area contributed by atoms with Crippen LogP contribution < -0.4 is 9.80 Å². The predicted octanol–water partition coefficient (Wildman–Crippen LogP) is 2.27. The molecule has 8 nitrogen and oxygen atoms in total. The van der Waals surface area contributed by atoms with Crippen molar-refractivity contribution in [3.63, 3.8) is 0 Å². The number of anilines is 2. The molecule has 0 N–H and O–H groups in total. The maximum absolute atomic E-state index is 13.3. The maximum atomic E-state index is 13.3. The summed E-state index contributed by atoms with van der Waals surface area (Å²) >= 11 is 0. The van der Waals surface area contributed by atoms with E-state index in [4.69, 9.17) is 0 Å². The van der Waals surface area contributed by atoms with Crippen LogP contribution in [0.1, 0.15) is 12.1 Å². The molecule has 2 aliphatic heterocycles. The molecule has 5 heterocycles. The zero-order valence-corrected chi connectivity index (χ0v) is 14.4. The van der Waals surface area contributed by atoms with Gasteiger partial charge >= 0.3 is 6.03 Å².